The van der Waals surface area contributed by atoms with Crippen LogP contribution in [0.25, 0.3) is 0 Å². The molecule has 2 aromatic rings. The Bertz CT molecular complexity index is 951. The van der Waals surface area contributed by atoms with Crippen LogP contribution in [-0.2, 0) is 14.6 Å². The molecule has 0 amide bonds. The minimum absolute atomic E-state index is 0.0305. The SMILES string of the molecule is N#C[C@]1(C=O)[C@H](c2cccc(Cl)c2)[C@@H]1S(=O)(=O)c1ccc(Cl)cc1. The van der Waals surface area contributed by atoms with Gasteiger partial charge in [-0.25, -0.2) is 8.42 Å². The number of aldehydes is 1. The van der Waals surface area contributed by atoms with Gasteiger partial charge in [-0.15, -0.1) is 0 Å². The molecule has 2 aromatic carbocycles. The highest BCUT2D eigenvalue weighted by molar-refractivity contribution is 7.92. The van der Waals surface area contributed by atoms with Gasteiger partial charge in [-0.1, -0.05) is 35.3 Å². The molecule has 1 saturated carbocycles. The van der Waals surface area contributed by atoms with Gasteiger partial charge in [0.05, 0.1) is 11.0 Å². The summed E-state index contributed by atoms with van der Waals surface area (Å²) in [6.45, 7) is 0. The van der Waals surface area contributed by atoms with E-state index in [1.54, 1.807) is 24.3 Å². The van der Waals surface area contributed by atoms with E-state index in [0.717, 1.165) is 0 Å². The number of carbonyl (C=O) groups excluding carboxylic acids is 1. The van der Waals surface area contributed by atoms with Crippen molar-refractivity contribution in [3.63, 3.8) is 0 Å². The lowest BCUT2D eigenvalue weighted by atomic mass is 10.0. The lowest BCUT2D eigenvalue weighted by Gasteiger charge is -2.04. The molecule has 3 atom stereocenters. The third kappa shape index (κ3) is 2.51. The van der Waals surface area contributed by atoms with E-state index in [9.17, 15) is 18.5 Å². The number of hydrogen-bond donors (Lipinski definition) is 0. The number of sulfone groups is 1. The fourth-order valence-electron chi connectivity index (χ4n) is 3.03. The molecule has 0 radical (unpaired) electrons. The van der Waals surface area contributed by atoms with Gasteiger partial charge in [0.25, 0.3) is 0 Å². The van der Waals surface area contributed by atoms with Gasteiger partial charge in [0.2, 0.25) is 0 Å². The van der Waals surface area contributed by atoms with Crippen molar-refractivity contribution in [2.24, 2.45) is 5.41 Å². The lowest BCUT2D eigenvalue weighted by molar-refractivity contribution is -0.110. The van der Waals surface area contributed by atoms with E-state index in [-0.39, 0.29) is 4.90 Å². The van der Waals surface area contributed by atoms with Crippen LogP contribution in [0, 0.1) is 16.7 Å². The van der Waals surface area contributed by atoms with Crippen molar-refractivity contribution in [3.8, 4) is 6.07 Å². The zero-order valence-corrected chi connectivity index (χ0v) is 14.5. The number of hydrogen-bond acceptors (Lipinski definition) is 4. The molecule has 4 nitrogen and oxygen atoms in total. The van der Waals surface area contributed by atoms with Crippen LogP contribution in [0.4, 0.5) is 0 Å². The number of halogens is 2. The van der Waals surface area contributed by atoms with Crippen LogP contribution in [-0.4, -0.2) is 20.0 Å². The summed E-state index contributed by atoms with van der Waals surface area (Å²) in [7, 11) is -3.88. The fourth-order valence-corrected chi connectivity index (χ4v) is 5.60. The van der Waals surface area contributed by atoms with Crippen molar-refractivity contribution in [3.05, 3.63) is 64.1 Å². The maximum atomic E-state index is 12.9. The molecule has 24 heavy (non-hydrogen) atoms. The Morgan fingerprint density at radius 3 is 2.29 bits per heavy atom. The van der Waals surface area contributed by atoms with Gasteiger partial charge < -0.3 is 4.79 Å². The summed E-state index contributed by atoms with van der Waals surface area (Å²) in [5, 5.41) is 9.15. The molecule has 0 unspecified atom stereocenters. The first-order valence-electron chi connectivity index (χ1n) is 6.99. The Morgan fingerprint density at radius 2 is 1.75 bits per heavy atom. The van der Waals surface area contributed by atoms with E-state index < -0.39 is 26.4 Å². The van der Waals surface area contributed by atoms with E-state index in [4.69, 9.17) is 23.2 Å². The molecule has 0 N–H and O–H groups in total. The highest BCUT2D eigenvalue weighted by atomic mass is 35.5. The summed E-state index contributed by atoms with van der Waals surface area (Å²) < 4.78 is 25.8. The summed E-state index contributed by atoms with van der Waals surface area (Å²) in [5.74, 6) is -0.751. The largest absolute Gasteiger partial charge is 0.302 e. The maximum absolute atomic E-state index is 12.9. The van der Waals surface area contributed by atoms with Crippen molar-refractivity contribution in [2.45, 2.75) is 16.1 Å². The molecule has 1 fully saturated rings. The second kappa shape index (κ2) is 5.89. The van der Waals surface area contributed by atoms with Crippen LogP contribution < -0.4 is 0 Å². The minimum Gasteiger partial charge on any atom is -0.302 e. The number of nitrogens with zero attached hydrogens (tertiary/aromatic N) is 1. The Hall–Kier alpha value is -1.87. The molecule has 3 rings (SSSR count). The van der Waals surface area contributed by atoms with Gasteiger partial charge in [0, 0.05) is 16.0 Å². The van der Waals surface area contributed by atoms with E-state index in [1.807, 2.05) is 6.07 Å². The Kier molecular flexibility index (Phi) is 4.16. The predicted molar refractivity (Wildman–Crippen MR) is 90.7 cm³/mol. The van der Waals surface area contributed by atoms with Gasteiger partial charge in [0.15, 0.2) is 9.84 Å². The van der Waals surface area contributed by atoms with Gasteiger partial charge >= 0.3 is 0 Å². The maximum Gasteiger partial charge on any atom is 0.183 e. The van der Waals surface area contributed by atoms with E-state index in [1.165, 1.54) is 24.3 Å². The second-order valence-corrected chi connectivity index (χ2v) is 8.56. The molecular weight excluding hydrogens is 369 g/mol. The van der Waals surface area contributed by atoms with Crippen LogP contribution >= 0.6 is 23.2 Å². The molecule has 0 bridgehead atoms. The smallest absolute Gasteiger partial charge is 0.183 e. The molecule has 0 heterocycles. The van der Waals surface area contributed by atoms with Crippen molar-refractivity contribution in [2.75, 3.05) is 0 Å². The highest BCUT2D eigenvalue weighted by Crippen LogP contribution is 2.62. The Morgan fingerprint density at radius 1 is 1.08 bits per heavy atom. The van der Waals surface area contributed by atoms with Crippen LogP contribution in [0.1, 0.15) is 11.5 Å². The van der Waals surface area contributed by atoms with Crippen LogP contribution in [0.15, 0.2) is 53.4 Å². The van der Waals surface area contributed by atoms with Crippen LogP contribution in [0.3, 0.4) is 0 Å². The van der Waals surface area contributed by atoms with Crippen LogP contribution in [0.2, 0.25) is 10.0 Å². The molecule has 1 aliphatic carbocycles. The molecule has 0 saturated heterocycles. The normalized spacial score (nSPS) is 25.7. The van der Waals surface area contributed by atoms with Crippen molar-refractivity contribution in [1.29, 1.82) is 5.26 Å². The van der Waals surface area contributed by atoms with E-state index in [2.05, 4.69) is 0 Å². The monoisotopic (exact) mass is 379 g/mol. The van der Waals surface area contributed by atoms with Crippen molar-refractivity contribution >= 4 is 39.3 Å². The summed E-state index contributed by atoms with van der Waals surface area (Å²) in [6.07, 6.45) is 0.427. The first-order valence-corrected chi connectivity index (χ1v) is 9.29. The Balaban J connectivity index is 2.10. The van der Waals surface area contributed by atoms with Gasteiger partial charge in [-0.2, -0.15) is 5.26 Å². The molecular formula is C17H11Cl2NO3S. The number of nitriles is 1. The topological polar surface area (TPSA) is 75.0 Å². The molecule has 0 aliphatic heterocycles. The number of rotatable bonds is 4. The number of carbonyl (C=O) groups is 1. The van der Waals surface area contributed by atoms with Crippen LogP contribution in [0.5, 0.6) is 0 Å². The average Bonchev–Trinajstić information content (AvgIpc) is 3.26. The zero-order chi connectivity index (χ0) is 17.5. The first kappa shape index (κ1) is 17.0. The van der Waals surface area contributed by atoms with Gasteiger partial charge in [-0.3, -0.25) is 0 Å². The quantitative estimate of drug-likeness (QED) is 0.759. The lowest BCUT2D eigenvalue weighted by Crippen LogP contribution is -2.16. The molecule has 122 valence electrons. The molecule has 7 heteroatoms. The summed E-state index contributed by atoms with van der Waals surface area (Å²) in [4.78, 5) is 11.6. The third-order valence-electron chi connectivity index (χ3n) is 4.25. The average molecular weight is 380 g/mol. The number of benzene rings is 2. The predicted octanol–water partition coefficient (Wildman–Crippen LogP) is 3.64. The summed E-state index contributed by atoms with van der Waals surface area (Å²) in [5.41, 5.74) is -1.05. The molecule has 0 spiro atoms. The fraction of sp³-hybridized carbons (Fsp3) is 0.176. The standard InChI is InChI=1S/C17H11Cl2NO3S/c18-12-4-6-14(7-5-12)24(22,23)16-15(17(16,9-20)10-21)11-2-1-3-13(19)8-11/h1-8,10,15-16H/t15-,16+,17+/m1/s1. The summed E-state index contributed by atoms with van der Waals surface area (Å²) in [6, 6.07) is 14.1. The van der Waals surface area contributed by atoms with E-state index in [0.29, 0.717) is 21.9 Å². The summed E-state index contributed by atoms with van der Waals surface area (Å²) >= 11 is 11.7. The minimum atomic E-state index is -3.88. The van der Waals surface area contributed by atoms with E-state index >= 15 is 0 Å². The van der Waals surface area contributed by atoms with Gasteiger partial charge in [-0.05, 0) is 42.0 Å². The Labute approximate surface area is 149 Å². The molecule has 0 aromatic heterocycles. The highest BCUT2D eigenvalue weighted by Gasteiger charge is 2.72. The van der Waals surface area contributed by atoms with Crippen molar-refractivity contribution < 1.29 is 13.2 Å². The second-order valence-electron chi connectivity index (χ2n) is 5.61. The molecule has 1 aliphatic rings. The zero-order valence-electron chi connectivity index (χ0n) is 12.2. The first-order chi connectivity index (χ1) is 11.4. The van der Waals surface area contributed by atoms with Crippen molar-refractivity contribution in [1.82, 2.24) is 0 Å². The third-order valence-corrected chi connectivity index (χ3v) is 7.00. The van der Waals surface area contributed by atoms with Gasteiger partial charge in [0.1, 0.15) is 17.0 Å².